The molecule has 0 bridgehead atoms. The van der Waals surface area contributed by atoms with Gasteiger partial charge in [0, 0.05) is 17.6 Å². The fraction of sp³-hybridized carbons (Fsp3) is 0.429. The van der Waals surface area contributed by atoms with E-state index >= 15 is 0 Å². The van der Waals surface area contributed by atoms with Crippen molar-refractivity contribution in [2.24, 2.45) is 0 Å². The fourth-order valence-corrected chi connectivity index (χ4v) is 2.19. The molecule has 1 fully saturated rings. The molecule has 1 aromatic rings. The number of amides is 3. The average molecular weight is 296 g/mol. The van der Waals surface area contributed by atoms with E-state index < -0.39 is 6.04 Å². The summed E-state index contributed by atoms with van der Waals surface area (Å²) in [4.78, 5) is 25.3. The zero-order chi connectivity index (χ0) is 14.7. The van der Waals surface area contributed by atoms with Crippen molar-refractivity contribution in [2.75, 3.05) is 6.54 Å². The van der Waals surface area contributed by atoms with E-state index in [1.54, 1.807) is 17.0 Å². The lowest BCUT2D eigenvalue weighted by Crippen LogP contribution is -2.42. The highest BCUT2D eigenvalue weighted by molar-refractivity contribution is 6.30. The number of halogens is 1. The van der Waals surface area contributed by atoms with Crippen molar-refractivity contribution in [2.45, 2.75) is 32.5 Å². The lowest BCUT2D eigenvalue weighted by atomic mass is 10.2. The number of nitrogens with one attached hydrogen (secondary N) is 2. The van der Waals surface area contributed by atoms with Crippen molar-refractivity contribution in [1.82, 2.24) is 15.5 Å². The summed E-state index contributed by atoms with van der Waals surface area (Å²) in [5, 5.41) is 6.16. The summed E-state index contributed by atoms with van der Waals surface area (Å²) < 4.78 is 0. The van der Waals surface area contributed by atoms with Gasteiger partial charge in [-0.25, -0.2) is 4.79 Å². The molecule has 2 rings (SSSR count). The van der Waals surface area contributed by atoms with Crippen molar-refractivity contribution in [3.8, 4) is 0 Å². The molecule has 6 heteroatoms. The fourth-order valence-electron chi connectivity index (χ4n) is 2.07. The maximum absolute atomic E-state index is 12.0. The Bertz CT molecular complexity index is 502. The van der Waals surface area contributed by atoms with Crippen LogP contribution in [-0.2, 0) is 11.3 Å². The molecular formula is C14H18ClN3O2. The minimum atomic E-state index is -0.489. The van der Waals surface area contributed by atoms with Gasteiger partial charge in [-0.15, -0.1) is 0 Å². The maximum Gasteiger partial charge on any atom is 0.318 e. The van der Waals surface area contributed by atoms with E-state index in [4.69, 9.17) is 11.6 Å². The van der Waals surface area contributed by atoms with Gasteiger partial charge in [-0.2, -0.15) is 0 Å². The number of nitrogens with zero attached hydrogens (tertiary/aromatic N) is 1. The van der Waals surface area contributed by atoms with Gasteiger partial charge < -0.3 is 15.5 Å². The maximum atomic E-state index is 12.0. The molecule has 1 heterocycles. The zero-order valence-corrected chi connectivity index (χ0v) is 12.3. The third-order valence-corrected chi connectivity index (χ3v) is 3.51. The second-order valence-electron chi connectivity index (χ2n) is 5.09. The van der Waals surface area contributed by atoms with Crippen LogP contribution in [0.25, 0.3) is 0 Å². The number of urea groups is 1. The molecule has 20 heavy (non-hydrogen) atoms. The summed E-state index contributed by atoms with van der Waals surface area (Å²) in [6.07, 6.45) is 0. The molecule has 0 radical (unpaired) electrons. The number of carbonyl (C=O) groups is 2. The molecule has 1 unspecified atom stereocenters. The average Bonchev–Trinajstić information content (AvgIpc) is 2.80. The first kappa shape index (κ1) is 14.7. The topological polar surface area (TPSA) is 61.4 Å². The van der Waals surface area contributed by atoms with E-state index in [1.807, 2.05) is 26.0 Å². The first-order chi connectivity index (χ1) is 9.47. The van der Waals surface area contributed by atoms with Crippen LogP contribution in [-0.4, -0.2) is 35.5 Å². The van der Waals surface area contributed by atoms with E-state index in [0.29, 0.717) is 18.1 Å². The number of carbonyl (C=O) groups excluding carboxylic acids is 2. The Balaban J connectivity index is 1.87. The number of rotatable bonds is 4. The molecule has 1 aliphatic rings. The molecular weight excluding hydrogens is 278 g/mol. The largest absolute Gasteiger partial charge is 0.350 e. The van der Waals surface area contributed by atoms with Gasteiger partial charge in [0.05, 0.1) is 6.54 Å². The van der Waals surface area contributed by atoms with Gasteiger partial charge in [0.2, 0.25) is 5.91 Å². The molecule has 2 N–H and O–H groups in total. The van der Waals surface area contributed by atoms with Crippen LogP contribution in [0.15, 0.2) is 24.3 Å². The van der Waals surface area contributed by atoms with Crippen LogP contribution in [0.3, 0.4) is 0 Å². The Kier molecular flexibility index (Phi) is 4.49. The smallest absolute Gasteiger partial charge is 0.318 e. The lowest BCUT2D eigenvalue weighted by molar-refractivity contribution is -0.122. The molecule has 1 atom stereocenters. The van der Waals surface area contributed by atoms with Crippen LogP contribution in [0.2, 0.25) is 5.02 Å². The van der Waals surface area contributed by atoms with E-state index in [2.05, 4.69) is 10.6 Å². The van der Waals surface area contributed by atoms with E-state index in [-0.39, 0.29) is 18.0 Å². The molecule has 3 amide bonds. The summed E-state index contributed by atoms with van der Waals surface area (Å²) in [6.45, 7) is 4.67. The molecule has 0 saturated carbocycles. The Morgan fingerprint density at radius 2 is 2.10 bits per heavy atom. The Labute approximate surface area is 123 Å². The van der Waals surface area contributed by atoms with Gasteiger partial charge in [0.25, 0.3) is 0 Å². The summed E-state index contributed by atoms with van der Waals surface area (Å²) in [6, 6.07) is 6.68. The van der Waals surface area contributed by atoms with Gasteiger partial charge in [-0.3, -0.25) is 4.79 Å². The van der Waals surface area contributed by atoms with Crippen molar-refractivity contribution in [3.05, 3.63) is 34.9 Å². The highest BCUT2D eigenvalue weighted by atomic mass is 35.5. The highest BCUT2D eigenvalue weighted by Gasteiger charge is 2.34. The van der Waals surface area contributed by atoms with Crippen molar-refractivity contribution in [1.29, 1.82) is 0 Å². The molecule has 0 aliphatic carbocycles. The van der Waals surface area contributed by atoms with Crippen molar-refractivity contribution >= 4 is 23.5 Å². The summed E-state index contributed by atoms with van der Waals surface area (Å²) in [5.41, 5.74) is 0.966. The van der Waals surface area contributed by atoms with Crippen LogP contribution in [0.5, 0.6) is 0 Å². The third kappa shape index (κ3) is 3.42. The molecule has 108 valence electrons. The summed E-state index contributed by atoms with van der Waals surface area (Å²) >= 11 is 5.80. The van der Waals surface area contributed by atoms with Gasteiger partial charge in [-0.1, -0.05) is 23.7 Å². The number of benzene rings is 1. The second kappa shape index (κ2) is 6.13. The van der Waals surface area contributed by atoms with Crippen LogP contribution in [0.4, 0.5) is 4.79 Å². The standard InChI is InChI=1S/C14H18ClN3O2/c1-9(2)18-8-12(17-14(18)20)13(19)16-7-10-3-5-11(15)6-4-10/h3-6,9,12H,7-8H2,1-2H3,(H,16,19)(H,17,20). The monoisotopic (exact) mass is 295 g/mol. The van der Waals surface area contributed by atoms with E-state index in [0.717, 1.165) is 5.56 Å². The highest BCUT2D eigenvalue weighted by Crippen LogP contribution is 2.10. The van der Waals surface area contributed by atoms with Crippen molar-refractivity contribution in [3.63, 3.8) is 0 Å². The van der Waals surface area contributed by atoms with Gasteiger partial charge in [-0.05, 0) is 31.5 Å². The number of hydrogen-bond acceptors (Lipinski definition) is 2. The minimum Gasteiger partial charge on any atom is -0.350 e. The second-order valence-corrected chi connectivity index (χ2v) is 5.53. The molecule has 0 aromatic heterocycles. The van der Waals surface area contributed by atoms with Crippen LogP contribution >= 0.6 is 11.6 Å². The normalized spacial score (nSPS) is 18.3. The first-order valence-corrected chi connectivity index (χ1v) is 6.94. The predicted octanol–water partition coefficient (Wildman–Crippen LogP) is 1.76. The van der Waals surface area contributed by atoms with E-state index in [1.165, 1.54) is 0 Å². The summed E-state index contributed by atoms with van der Waals surface area (Å²) in [5.74, 6) is -0.170. The molecule has 1 saturated heterocycles. The van der Waals surface area contributed by atoms with Gasteiger partial charge >= 0.3 is 6.03 Å². The Hall–Kier alpha value is -1.75. The third-order valence-electron chi connectivity index (χ3n) is 3.26. The Morgan fingerprint density at radius 1 is 1.45 bits per heavy atom. The SMILES string of the molecule is CC(C)N1CC(C(=O)NCc2ccc(Cl)cc2)NC1=O. The molecule has 5 nitrogen and oxygen atoms in total. The quantitative estimate of drug-likeness (QED) is 0.889. The molecule has 1 aromatic carbocycles. The van der Waals surface area contributed by atoms with Gasteiger partial charge in [0.1, 0.15) is 6.04 Å². The van der Waals surface area contributed by atoms with Crippen molar-refractivity contribution < 1.29 is 9.59 Å². The zero-order valence-electron chi connectivity index (χ0n) is 11.5. The van der Waals surface area contributed by atoms with Gasteiger partial charge in [0.15, 0.2) is 0 Å². The van der Waals surface area contributed by atoms with E-state index in [9.17, 15) is 9.59 Å². The van der Waals surface area contributed by atoms with Crippen LogP contribution in [0, 0.1) is 0 Å². The molecule has 1 aliphatic heterocycles. The predicted molar refractivity (Wildman–Crippen MR) is 77.5 cm³/mol. The molecule has 0 spiro atoms. The van der Waals surface area contributed by atoms with Crippen LogP contribution in [0.1, 0.15) is 19.4 Å². The minimum absolute atomic E-state index is 0.0871. The lowest BCUT2D eigenvalue weighted by Gasteiger charge is -2.18. The van der Waals surface area contributed by atoms with Crippen LogP contribution < -0.4 is 10.6 Å². The summed E-state index contributed by atoms with van der Waals surface area (Å²) in [7, 11) is 0. The number of hydrogen-bond donors (Lipinski definition) is 2. The Morgan fingerprint density at radius 3 is 2.65 bits per heavy atom. The first-order valence-electron chi connectivity index (χ1n) is 6.56.